The molecule has 0 bridgehead atoms. The first kappa shape index (κ1) is 49.3. The maximum atomic E-state index is 13.4. The van der Waals surface area contributed by atoms with Gasteiger partial charge in [0.2, 0.25) is 11.8 Å². The number of methoxy groups -OCH3 is 2. The van der Waals surface area contributed by atoms with Crippen molar-refractivity contribution in [1.29, 1.82) is 0 Å². The van der Waals surface area contributed by atoms with E-state index in [1.54, 1.807) is 14.2 Å². The van der Waals surface area contributed by atoms with Gasteiger partial charge in [-0.05, 0) is 68.1 Å². The van der Waals surface area contributed by atoms with E-state index < -0.39 is 29.2 Å². The zero-order valence-corrected chi connectivity index (χ0v) is 35.1. The van der Waals surface area contributed by atoms with Gasteiger partial charge in [0.05, 0.1) is 58.3 Å². The predicted molar refractivity (Wildman–Crippen MR) is 221 cm³/mol. The Balaban J connectivity index is 1.38. The van der Waals surface area contributed by atoms with E-state index in [9.17, 15) is 24.0 Å². The van der Waals surface area contributed by atoms with Crippen LogP contribution in [0.5, 0.6) is 0 Å². The molecular formula is C45H66N2O12. The molecule has 1 aliphatic carbocycles. The molecular weight excluding hydrogens is 760 g/mol. The molecule has 3 rings (SSSR count). The van der Waals surface area contributed by atoms with Gasteiger partial charge in [-0.3, -0.25) is 24.0 Å². The molecule has 2 amide bonds. The van der Waals surface area contributed by atoms with E-state index >= 15 is 0 Å². The first-order valence-electron chi connectivity index (χ1n) is 20.9. The number of esters is 1. The fraction of sp³-hybridized carbons (Fsp3) is 0.622. The van der Waals surface area contributed by atoms with Crippen molar-refractivity contribution in [2.75, 3.05) is 93.4 Å². The smallest absolute Gasteiger partial charge is 0.314 e. The van der Waals surface area contributed by atoms with Crippen molar-refractivity contribution in [2.45, 2.75) is 83.1 Å². The van der Waals surface area contributed by atoms with Crippen molar-refractivity contribution in [3.05, 3.63) is 71.3 Å². The number of hydrogen-bond acceptors (Lipinski definition) is 12. The summed E-state index contributed by atoms with van der Waals surface area (Å²) in [6.07, 6.45) is 7.89. The Hall–Kier alpha value is -4.05. The lowest BCUT2D eigenvalue weighted by Gasteiger charge is -2.21. The van der Waals surface area contributed by atoms with Gasteiger partial charge in [-0.15, -0.1) is 0 Å². The van der Waals surface area contributed by atoms with Crippen molar-refractivity contribution in [3.8, 4) is 0 Å². The summed E-state index contributed by atoms with van der Waals surface area (Å²) in [7, 11) is 3.17. The van der Waals surface area contributed by atoms with Gasteiger partial charge in [0.1, 0.15) is 25.9 Å². The summed E-state index contributed by atoms with van der Waals surface area (Å²) in [5, 5.41) is 5.58. The van der Waals surface area contributed by atoms with Crippen LogP contribution in [0.4, 0.5) is 0 Å². The van der Waals surface area contributed by atoms with Gasteiger partial charge < -0.3 is 43.8 Å². The molecule has 0 aliphatic heterocycles. The summed E-state index contributed by atoms with van der Waals surface area (Å²) in [5.74, 6) is -1.66. The molecule has 59 heavy (non-hydrogen) atoms. The van der Waals surface area contributed by atoms with Crippen LogP contribution in [0.15, 0.2) is 54.6 Å². The topological polar surface area (TPSA) is 174 Å². The van der Waals surface area contributed by atoms with E-state index in [4.69, 9.17) is 33.2 Å². The minimum atomic E-state index is -0.906. The third-order valence-electron chi connectivity index (χ3n) is 9.90. The Morgan fingerprint density at radius 3 is 1.81 bits per heavy atom. The van der Waals surface area contributed by atoms with Gasteiger partial charge in [-0.25, -0.2) is 0 Å². The molecule has 0 heterocycles. The molecule has 1 aliphatic rings. The number of benzene rings is 2. The second-order valence-electron chi connectivity index (χ2n) is 14.9. The number of Topliss-reactive ketones (excluding diaryl/α,β-unsaturated/α-hetero) is 2. The van der Waals surface area contributed by atoms with E-state index in [2.05, 4.69) is 34.9 Å². The predicted octanol–water partition coefficient (Wildman–Crippen LogP) is 4.17. The normalized spacial score (nSPS) is 13.4. The first-order chi connectivity index (χ1) is 28.7. The number of aryl methyl sites for hydroxylation is 2. The van der Waals surface area contributed by atoms with Crippen LogP contribution in [0.2, 0.25) is 0 Å². The van der Waals surface area contributed by atoms with Crippen LogP contribution in [0.25, 0.3) is 0 Å². The molecule has 14 nitrogen and oxygen atoms in total. The summed E-state index contributed by atoms with van der Waals surface area (Å²) in [6.45, 7) is 2.45. The van der Waals surface area contributed by atoms with Crippen molar-refractivity contribution in [3.63, 3.8) is 0 Å². The van der Waals surface area contributed by atoms with Gasteiger partial charge in [-0.2, -0.15) is 0 Å². The third-order valence-corrected chi connectivity index (χ3v) is 9.90. The number of ether oxygens (including phenoxy) is 7. The average Bonchev–Trinajstić information content (AvgIpc) is 4.04. The highest BCUT2D eigenvalue weighted by Gasteiger charge is 2.51. The minimum absolute atomic E-state index is 0.00870. The molecule has 2 N–H and O–H groups in total. The zero-order valence-electron chi connectivity index (χ0n) is 35.1. The number of carbonyl (C=O) groups is 5. The molecule has 1 fully saturated rings. The molecule has 0 radical (unpaired) electrons. The average molecular weight is 827 g/mol. The molecule has 1 saturated carbocycles. The van der Waals surface area contributed by atoms with Crippen molar-refractivity contribution in [2.24, 2.45) is 5.41 Å². The Labute approximate surface area is 349 Å². The second-order valence-corrected chi connectivity index (χ2v) is 14.9. The summed E-state index contributed by atoms with van der Waals surface area (Å²) in [6, 6.07) is 17.6. The van der Waals surface area contributed by atoms with E-state index in [0.29, 0.717) is 91.2 Å². The first-order valence-corrected chi connectivity index (χ1v) is 20.9. The maximum absolute atomic E-state index is 13.4. The number of rotatable bonds is 36. The Morgan fingerprint density at radius 1 is 0.610 bits per heavy atom. The monoisotopic (exact) mass is 826 g/mol. The molecule has 0 unspecified atom stereocenters. The third kappa shape index (κ3) is 22.2. The largest absolute Gasteiger partial charge is 0.457 e. The Bertz CT molecular complexity index is 1500. The van der Waals surface area contributed by atoms with Crippen LogP contribution in [-0.4, -0.2) is 129 Å². The Morgan fingerprint density at radius 2 is 1.19 bits per heavy atom. The molecule has 14 heteroatoms. The number of carbonyl (C=O) groups excluding carboxylic acids is 5. The van der Waals surface area contributed by atoms with Crippen LogP contribution in [0.3, 0.4) is 0 Å². The van der Waals surface area contributed by atoms with Crippen LogP contribution in [0.1, 0.15) is 74.5 Å². The second kappa shape index (κ2) is 30.0. The van der Waals surface area contributed by atoms with Gasteiger partial charge in [0.15, 0.2) is 11.6 Å². The number of hydrogen-bond donors (Lipinski definition) is 2. The van der Waals surface area contributed by atoms with Crippen molar-refractivity contribution >= 4 is 29.4 Å². The molecule has 2 aromatic rings. The lowest BCUT2D eigenvalue weighted by molar-refractivity contribution is -0.153. The molecule has 0 aromatic heterocycles. The zero-order chi connectivity index (χ0) is 42.4. The number of ketones is 2. The summed E-state index contributed by atoms with van der Waals surface area (Å²) >= 11 is 0. The van der Waals surface area contributed by atoms with Gasteiger partial charge in [0.25, 0.3) is 0 Å². The highest BCUT2D eigenvalue weighted by molar-refractivity contribution is 5.89. The fourth-order valence-electron chi connectivity index (χ4n) is 6.19. The van der Waals surface area contributed by atoms with Gasteiger partial charge >= 0.3 is 5.97 Å². The van der Waals surface area contributed by atoms with Gasteiger partial charge in [0, 0.05) is 33.6 Å². The van der Waals surface area contributed by atoms with Crippen LogP contribution < -0.4 is 10.6 Å². The molecule has 1 atom stereocenters. The van der Waals surface area contributed by atoms with E-state index in [1.165, 1.54) is 11.1 Å². The molecule has 0 saturated heterocycles. The lowest BCUT2D eigenvalue weighted by Crippen LogP contribution is -2.49. The summed E-state index contributed by atoms with van der Waals surface area (Å²) < 4.78 is 36.7. The van der Waals surface area contributed by atoms with Crippen LogP contribution in [-0.2, 0) is 76.4 Å². The van der Waals surface area contributed by atoms with Crippen molar-refractivity contribution in [1.82, 2.24) is 10.6 Å². The quantitative estimate of drug-likeness (QED) is 0.0743. The molecule has 328 valence electrons. The number of unbranched alkanes of at least 4 members (excludes halogenated alkanes) is 3. The van der Waals surface area contributed by atoms with E-state index in [1.807, 2.05) is 30.3 Å². The number of nitrogens with one attached hydrogen (secondary N) is 2. The Kier molecular flexibility index (Phi) is 25.1. The standard InChI is InChI=1S/C45H66N2O12/c1-53-23-25-55-27-29-57-32-39(48)15-7-4-8-16-41(47-42(50)34-58-30-28-56-26-24-54-2)43(51)46-35-45(21-22-45)44(52)59-33-40(49)31-38-19-17-37(18-20-38)14-10-9-13-36-11-5-3-6-12-36/h3,5-6,11-12,17-20,41H,4,7-10,13-16,21-35H2,1-2H3,(H,46,51)(H,47,50)/t41-/m0/s1. The maximum Gasteiger partial charge on any atom is 0.314 e. The van der Waals surface area contributed by atoms with E-state index in [0.717, 1.165) is 31.2 Å². The summed E-state index contributed by atoms with van der Waals surface area (Å²) in [4.78, 5) is 64.2. The fourth-order valence-corrected chi connectivity index (χ4v) is 6.19. The van der Waals surface area contributed by atoms with Gasteiger partial charge in [-0.1, -0.05) is 67.4 Å². The van der Waals surface area contributed by atoms with Crippen LogP contribution in [0, 0.1) is 5.41 Å². The molecule has 2 aromatic carbocycles. The van der Waals surface area contributed by atoms with Crippen LogP contribution >= 0.6 is 0 Å². The SMILES string of the molecule is COCCOCCOCC(=O)CCCCC[C@H](NC(=O)COCCOCCOC)C(=O)NCC1(C(=O)OCC(=O)Cc2ccc(CCCCc3ccccc3)cc2)CC1. The highest BCUT2D eigenvalue weighted by atomic mass is 16.6. The van der Waals surface area contributed by atoms with Crippen molar-refractivity contribution < 1.29 is 57.1 Å². The summed E-state index contributed by atoms with van der Waals surface area (Å²) in [5.41, 5.74) is 2.52. The van der Waals surface area contributed by atoms with E-state index in [-0.39, 0.29) is 51.0 Å². The lowest BCUT2D eigenvalue weighted by atomic mass is 10.0. The highest BCUT2D eigenvalue weighted by Crippen LogP contribution is 2.46. The minimum Gasteiger partial charge on any atom is -0.457 e. The molecule has 0 spiro atoms. The number of amides is 2.